The number of carbonyl (C=O) groups is 2. The first kappa shape index (κ1) is 18.1. The van der Waals surface area contributed by atoms with Crippen LogP contribution >= 0.6 is 0 Å². The van der Waals surface area contributed by atoms with Crippen LogP contribution in [0.5, 0.6) is 11.6 Å². The Hall–Kier alpha value is -2.73. The van der Waals surface area contributed by atoms with E-state index in [1.807, 2.05) is 25.1 Å². The van der Waals surface area contributed by atoms with Gasteiger partial charge in [-0.25, -0.2) is 9.78 Å². The van der Waals surface area contributed by atoms with Gasteiger partial charge in [0.25, 0.3) is 0 Å². The molecule has 0 aliphatic carbocycles. The molecule has 0 fully saturated rings. The number of fused-ring (bicyclic) bond motifs is 2. The lowest BCUT2D eigenvalue weighted by atomic mass is 9.82. The van der Waals surface area contributed by atoms with E-state index < -0.39 is 11.5 Å². The molecule has 1 atom stereocenters. The second-order valence-electron chi connectivity index (χ2n) is 6.78. The first-order chi connectivity index (χ1) is 12.4. The monoisotopic (exact) mass is 354 g/mol. The van der Waals surface area contributed by atoms with Gasteiger partial charge in [0, 0.05) is 24.1 Å². The Morgan fingerprint density at radius 3 is 2.73 bits per heavy atom. The van der Waals surface area contributed by atoms with Crippen LogP contribution in [0.15, 0.2) is 30.3 Å². The van der Waals surface area contributed by atoms with Crippen molar-refractivity contribution < 1.29 is 19.4 Å². The molecule has 3 rings (SSSR count). The Labute approximate surface area is 152 Å². The van der Waals surface area contributed by atoms with Gasteiger partial charge < -0.3 is 14.6 Å². The molecule has 136 valence electrons. The molecular weight excluding hydrogens is 332 g/mol. The van der Waals surface area contributed by atoms with Gasteiger partial charge in [-0.15, -0.1) is 0 Å². The fourth-order valence-corrected chi connectivity index (χ4v) is 3.48. The van der Waals surface area contributed by atoms with Crippen molar-refractivity contribution in [3.63, 3.8) is 0 Å². The van der Waals surface area contributed by atoms with Crippen molar-refractivity contribution in [1.82, 2.24) is 9.88 Å². The summed E-state index contributed by atoms with van der Waals surface area (Å²) >= 11 is 0. The summed E-state index contributed by atoms with van der Waals surface area (Å²) in [6.45, 7) is 1.91. The summed E-state index contributed by atoms with van der Waals surface area (Å²) in [5.41, 5.74) is 2.15. The lowest BCUT2D eigenvalue weighted by Crippen LogP contribution is -2.48. The molecule has 2 heterocycles. The van der Waals surface area contributed by atoms with Crippen LogP contribution in [0.2, 0.25) is 0 Å². The van der Waals surface area contributed by atoms with Crippen LogP contribution in [0.1, 0.15) is 35.2 Å². The fourth-order valence-electron chi connectivity index (χ4n) is 3.48. The van der Waals surface area contributed by atoms with Crippen LogP contribution in [0, 0.1) is 6.92 Å². The van der Waals surface area contributed by atoms with Crippen LogP contribution in [-0.4, -0.2) is 41.3 Å². The molecule has 0 saturated carbocycles. The van der Waals surface area contributed by atoms with Gasteiger partial charge in [-0.05, 0) is 56.8 Å². The fraction of sp³-hybridized carbons (Fsp3) is 0.350. The van der Waals surface area contributed by atoms with Crippen LogP contribution < -0.4 is 4.74 Å². The summed E-state index contributed by atoms with van der Waals surface area (Å²) in [6, 6.07) is 9.34. The molecule has 26 heavy (non-hydrogen) atoms. The van der Waals surface area contributed by atoms with Crippen molar-refractivity contribution in [2.45, 2.75) is 31.7 Å². The zero-order valence-corrected chi connectivity index (χ0v) is 15.2. The number of carboxylic acids is 1. The molecule has 0 amide bonds. The van der Waals surface area contributed by atoms with Gasteiger partial charge >= 0.3 is 5.97 Å². The lowest BCUT2D eigenvalue weighted by molar-refractivity contribution is -0.151. The van der Waals surface area contributed by atoms with Gasteiger partial charge in [0.2, 0.25) is 5.88 Å². The number of aldehydes is 1. The Bertz CT molecular complexity index is 863. The number of nitrogens with zero attached hydrogens (tertiary/aromatic N) is 2. The van der Waals surface area contributed by atoms with E-state index in [2.05, 4.69) is 4.98 Å². The smallest absolute Gasteiger partial charge is 0.328 e. The highest BCUT2D eigenvalue weighted by molar-refractivity contribution is 5.81. The van der Waals surface area contributed by atoms with E-state index >= 15 is 0 Å². The first-order valence-electron chi connectivity index (χ1n) is 8.50. The minimum Gasteiger partial charge on any atom is -0.480 e. The highest BCUT2D eigenvalue weighted by Gasteiger charge is 2.42. The maximum atomic E-state index is 12.2. The van der Waals surface area contributed by atoms with Gasteiger partial charge in [0.05, 0.1) is 0 Å². The van der Waals surface area contributed by atoms with Crippen molar-refractivity contribution in [2.75, 3.05) is 14.1 Å². The third-order valence-corrected chi connectivity index (χ3v) is 4.95. The molecule has 1 unspecified atom stereocenters. The van der Waals surface area contributed by atoms with Gasteiger partial charge in [-0.3, -0.25) is 4.90 Å². The summed E-state index contributed by atoms with van der Waals surface area (Å²) in [5, 5.41) is 9.97. The number of aromatic nitrogens is 1. The summed E-state index contributed by atoms with van der Waals surface area (Å²) < 4.78 is 5.90. The number of aryl methyl sites for hydroxylation is 1. The highest BCUT2D eigenvalue weighted by Crippen LogP contribution is 2.39. The Balaban J connectivity index is 2.05. The van der Waals surface area contributed by atoms with E-state index in [1.165, 1.54) is 0 Å². The zero-order valence-electron chi connectivity index (χ0n) is 15.2. The maximum absolute atomic E-state index is 12.2. The Kier molecular flexibility index (Phi) is 4.78. The minimum atomic E-state index is -1.26. The number of pyridine rings is 1. The number of hydrogen-bond acceptors (Lipinski definition) is 5. The minimum absolute atomic E-state index is 0.171. The molecule has 1 aromatic carbocycles. The molecule has 6 heteroatoms. The first-order valence-corrected chi connectivity index (χ1v) is 8.50. The zero-order chi connectivity index (χ0) is 18.9. The third kappa shape index (κ3) is 2.97. The van der Waals surface area contributed by atoms with Gasteiger partial charge in [0.15, 0.2) is 0 Å². The summed E-state index contributed by atoms with van der Waals surface area (Å²) in [6.07, 6.45) is 1.76. The molecule has 0 bridgehead atoms. The molecule has 0 saturated heterocycles. The number of aliphatic carboxylic acids is 1. The second kappa shape index (κ2) is 6.88. The largest absolute Gasteiger partial charge is 0.480 e. The third-order valence-electron chi connectivity index (χ3n) is 4.95. The van der Waals surface area contributed by atoms with Crippen molar-refractivity contribution >= 4 is 12.3 Å². The van der Waals surface area contributed by atoms with Crippen LogP contribution in [0.4, 0.5) is 0 Å². The quantitative estimate of drug-likeness (QED) is 0.686. The molecule has 1 N–H and O–H groups in total. The van der Waals surface area contributed by atoms with Gasteiger partial charge in [-0.2, -0.15) is 0 Å². The van der Waals surface area contributed by atoms with E-state index in [-0.39, 0.29) is 12.8 Å². The predicted molar refractivity (Wildman–Crippen MR) is 96.6 cm³/mol. The number of likely N-dealkylation sites (N-methyl/N-ethyl adjacent to an activating group) is 1. The SMILES string of the molecule is Cc1ccc2c(n1)Oc1ccc(C(CCC=O)(C(=O)O)N(C)C)cc1C2. The number of carbonyl (C=O) groups excluding carboxylic acids is 1. The van der Waals surface area contributed by atoms with Crippen molar-refractivity contribution in [3.05, 3.63) is 52.7 Å². The van der Waals surface area contributed by atoms with Crippen LogP contribution in [0.3, 0.4) is 0 Å². The van der Waals surface area contributed by atoms with Gasteiger partial charge in [-0.1, -0.05) is 12.1 Å². The van der Waals surface area contributed by atoms with E-state index in [0.29, 0.717) is 23.6 Å². The topological polar surface area (TPSA) is 79.7 Å². The number of benzene rings is 1. The summed E-state index contributed by atoms with van der Waals surface area (Å²) in [4.78, 5) is 29.1. The number of ether oxygens (including phenoxy) is 1. The molecule has 2 aromatic rings. The second-order valence-corrected chi connectivity index (χ2v) is 6.78. The van der Waals surface area contributed by atoms with E-state index in [0.717, 1.165) is 23.1 Å². The average molecular weight is 354 g/mol. The molecule has 6 nitrogen and oxygen atoms in total. The standard InChI is InChI=1S/C20H22N2O4/c1-13-5-6-14-11-15-12-16(7-8-17(15)26-18(14)21-13)20(19(24)25,22(2)3)9-4-10-23/h5-8,10,12H,4,9,11H2,1-3H3,(H,24,25). The van der Waals surface area contributed by atoms with Crippen molar-refractivity contribution in [3.8, 4) is 11.6 Å². The molecule has 1 aromatic heterocycles. The molecular formula is C20H22N2O4. The molecule has 1 aliphatic rings. The summed E-state index contributed by atoms with van der Waals surface area (Å²) in [5.74, 6) is 0.315. The number of rotatable bonds is 6. The van der Waals surface area contributed by atoms with E-state index in [4.69, 9.17) is 4.74 Å². The lowest BCUT2D eigenvalue weighted by Gasteiger charge is -2.36. The molecule has 1 aliphatic heterocycles. The molecule has 0 radical (unpaired) electrons. The predicted octanol–water partition coefficient (Wildman–Crippen LogP) is 2.91. The number of hydrogen-bond donors (Lipinski definition) is 1. The van der Waals surface area contributed by atoms with Crippen molar-refractivity contribution in [2.24, 2.45) is 0 Å². The van der Waals surface area contributed by atoms with E-state index in [1.54, 1.807) is 31.1 Å². The normalized spacial score (nSPS) is 14.8. The molecule has 0 spiro atoms. The van der Waals surface area contributed by atoms with Gasteiger partial charge in [0.1, 0.15) is 17.6 Å². The van der Waals surface area contributed by atoms with Crippen LogP contribution in [-0.2, 0) is 21.5 Å². The Morgan fingerprint density at radius 1 is 1.31 bits per heavy atom. The van der Waals surface area contributed by atoms with E-state index in [9.17, 15) is 14.7 Å². The van der Waals surface area contributed by atoms with Crippen molar-refractivity contribution in [1.29, 1.82) is 0 Å². The van der Waals surface area contributed by atoms with Crippen LogP contribution in [0.25, 0.3) is 0 Å². The maximum Gasteiger partial charge on any atom is 0.328 e. The summed E-state index contributed by atoms with van der Waals surface area (Å²) in [7, 11) is 3.44. The highest BCUT2D eigenvalue weighted by atomic mass is 16.5. The average Bonchev–Trinajstić information content (AvgIpc) is 2.60. The number of carboxylic acid groups (broad SMARTS) is 1. The Morgan fingerprint density at radius 2 is 2.08 bits per heavy atom.